The van der Waals surface area contributed by atoms with Crippen molar-refractivity contribution in [3.8, 4) is 0 Å². The highest BCUT2D eigenvalue weighted by molar-refractivity contribution is 5.91. The van der Waals surface area contributed by atoms with Crippen LogP contribution in [0.15, 0.2) is 0 Å². The minimum Gasteiger partial charge on any atom is -0.480 e. The molecule has 0 aliphatic carbocycles. The van der Waals surface area contributed by atoms with Gasteiger partial charge in [-0.2, -0.15) is 0 Å². The van der Waals surface area contributed by atoms with Gasteiger partial charge in [0.05, 0.1) is 0 Å². The molecule has 0 aromatic rings. The summed E-state index contributed by atoms with van der Waals surface area (Å²) in [5.41, 5.74) is 0. The van der Waals surface area contributed by atoms with Crippen molar-refractivity contribution in [3.05, 3.63) is 0 Å². The number of amides is 2. The van der Waals surface area contributed by atoms with Crippen LogP contribution in [0.4, 0.5) is 0 Å². The van der Waals surface area contributed by atoms with Crippen LogP contribution in [-0.4, -0.2) is 77.3 Å². The Hall–Kier alpha value is -1.79. The van der Waals surface area contributed by atoms with Crippen LogP contribution in [0, 0.1) is 5.92 Å². The summed E-state index contributed by atoms with van der Waals surface area (Å²) in [4.78, 5) is 36.8. The van der Waals surface area contributed by atoms with Gasteiger partial charge >= 0.3 is 5.97 Å². The van der Waals surface area contributed by atoms with E-state index in [4.69, 9.17) is 28.8 Å². The molecule has 11 nitrogen and oxygen atoms in total. The van der Waals surface area contributed by atoms with Gasteiger partial charge in [-0.15, -0.1) is 0 Å². The van der Waals surface area contributed by atoms with E-state index in [0.717, 1.165) is 0 Å². The molecule has 3 rings (SSSR count). The van der Waals surface area contributed by atoms with Crippen LogP contribution in [-0.2, 0) is 38.1 Å². The summed E-state index contributed by atoms with van der Waals surface area (Å²) in [6, 6.07) is -2.07. The molecule has 31 heavy (non-hydrogen) atoms. The summed E-state index contributed by atoms with van der Waals surface area (Å²) < 4.78 is 29.5. The quantitative estimate of drug-likeness (QED) is 0.520. The molecule has 3 N–H and O–H groups in total. The fourth-order valence-electron chi connectivity index (χ4n) is 3.96. The predicted molar refractivity (Wildman–Crippen MR) is 105 cm³/mol. The van der Waals surface area contributed by atoms with E-state index in [1.54, 1.807) is 41.5 Å². The van der Waals surface area contributed by atoms with Crippen LogP contribution < -0.4 is 10.6 Å². The number of hydrogen-bond acceptors (Lipinski definition) is 8. The molecule has 0 bridgehead atoms. The second-order valence-electron chi connectivity index (χ2n) is 9.39. The van der Waals surface area contributed by atoms with Crippen LogP contribution in [0.5, 0.6) is 0 Å². The molecule has 11 heteroatoms. The van der Waals surface area contributed by atoms with Crippen LogP contribution in [0.3, 0.4) is 0 Å². The van der Waals surface area contributed by atoms with Crippen LogP contribution in [0.25, 0.3) is 0 Å². The molecule has 0 aromatic carbocycles. The van der Waals surface area contributed by atoms with E-state index in [0.29, 0.717) is 0 Å². The normalized spacial score (nSPS) is 35.0. The van der Waals surface area contributed by atoms with Gasteiger partial charge in [0.1, 0.15) is 30.4 Å². The molecule has 0 saturated carbocycles. The van der Waals surface area contributed by atoms with E-state index in [2.05, 4.69) is 10.6 Å². The van der Waals surface area contributed by atoms with Crippen LogP contribution in [0.1, 0.15) is 48.5 Å². The summed E-state index contributed by atoms with van der Waals surface area (Å²) in [6.07, 6.45) is -3.92. The maximum atomic E-state index is 13.2. The minimum atomic E-state index is -1.17. The van der Waals surface area contributed by atoms with Gasteiger partial charge in [-0.05, 0) is 40.5 Å². The number of fused-ring (bicyclic) bond motifs is 3. The van der Waals surface area contributed by atoms with Crippen molar-refractivity contribution < 1.29 is 43.2 Å². The Morgan fingerprint density at radius 2 is 1.39 bits per heavy atom. The van der Waals surface area contributed by atoms with E-state index >= 15 is 0 Å². The zero-order valence-corrected chi connectivity index (χ0v) is 18.8. The second-order valence-corrected chi connectivity index (χ2v) is 9.39. The molecule has 176 valence electrons. The maximum Gasteiger partial charge on any atom is 0.325 e. The zero-order valence-electron chi connectivity index (χ0n) is 18.8. The summed E-state index contributed by atoms with van der Waals surface area (Å²) in [7, 11) is 0. The van der Waals surface area contributed by atoms with Gasteiger partial charge in [0.25, 0.3) is 5.91 Å². The molecular weight excluding hydrogens is 412 g/mol. The number of carboxylic acids is 1. The lowest BCUT2D eigenvalue weighted by atomic mass is 9.97. The van der Waals surface area contributed by atoms with Gasteiger partial charge in [-0.3, -0.25) is 14.4 Å². The van der Waals surface area contributed by atoms with Gasteiger partial charge in [-0.25, -0.2) is 0 Å². The number of hydrogen-bond donors (Lipinski definition) is 3. The number of aliphatic carboxylic acids is 1. The van der Waals surface area contributed by atoms with Crippen molar-refractivity contribution in [1.29, 1.82) is 0 Å². The van der Waals surface area contributed by atoms with Crippen molar-refractivity contribution in [2.45, 2.75) is 103 Å². The van der Waals surface area contributed by atoms with Crippen molar-refractivity contribution in [3.63, 3.8) is 0 Å². The molecule has 0 radical (unpaired) electrons. The average molecular weight is 444 g/mol. The molecule has 3 aliphatic rings. The fraction of sp³-hybridized carbons (Fsp3) is 0.850. The molecule has 3 heterocycles. The zero-order chi connectivity index (χ0) is 23.3. The van der Waals surface area contributed by atoms with Gasteiger partial charge in [0.2, 0.25) is 5.91 Å². The van der Waals surface area contributed by atoms with Crippen molar-refractivity contribution in [1.82, 2.24) is 10.6 Å². The molecule has 7 atom stereocenters. The van der Waals surface area contributed by atoms with E-state index in [9.17, 15) is 14.4 Å². The number of rotatable bonds is 6. The van der Waals surface area contributed by atoms with Crippen molar-refractivity contribution >= 4 is 17.8 Å². The van der Waals surface area contributed by atoms with Gasteiger partial charge < -0.3 is 39.4 Å². The predicted octanol–water partition coefficient (Wildman–Crippen LogP) is 0.113. The van der Waals surface area contributed by atoms with Gasteiger partial charge in [0.15, 0.2) is 24.0 Å². The molecule has 3 aliphatic heterocycles. The Balaban J connectivity index is 1.77. The molecule has 2 amide bonds. The second kappa shape index (κ2) is 8.28. The topological polar surface area (TPSA) is 142 Å². The van der Waals surface area contributed by atoms with E-state index in [-0.39, 0.29) is 5.92 Å². The number of carbonyl (C=O) groups excluding carboxylic acids is 2. The van der Waals surface area contributed by atoms with E-state index in [1.165, 1.54) is 6.92 Å². The number of carboxylic acid groups (broad SMARTS) is 1. The smallest absolute Gasteiger partial charge is 0.325 e. The minimum absolute atomic E-state index is 0.306. The number of ether oxygens (including phenoxy) is 5. The molecule has 0 aromatic heterocycles. The summed E-state index contributed by atoms with van der Waals surface area (Å²) >= 11 is 0. The van der Waals surface area contributed by atoms with Crippen molar-refractivity contribution in [2.24, 2.45) is 5.92 Å². The van der Waals surface area contributed by atoms with Crippen LogP contribution in [0.2, 0.25) is 0 Å². The summed E-state index contributed by atoms with van der Waals surface area (Å²) in [5.74, 6) is -4.55. The molecular formula is C20H32N2O9. The van der Waals surface area contributed by atoms with E-state index in [1.807, 2.05) is 0 Å². The third kappa shape index (κ3) is 5.01. The van der Waals surface area contributed by atoms with Crippen LogP contribution >= 0.6 is 0 Å². The monoisotopic (exact) mass is 444 g/mol. The third-order valence-electron chi connectivity index (χ3n) is 5.39. The Bertz CT molecular complexity index is 738. The highest BCUT2D eigenvalue weighted by atomic mass is 16.9. The van der Waals surface area contributed by atoms with Gasteiger partial charge in [0, 0.05) is 0 Å². The fourth-order valence-corrected chi connectivity index (χ4v) is 3.96. The first-order chi connectivity index (χ1) is 14.2. The Labute approximate surface area is 181 Å². The van der Waals surface area contributed by atoms with Gasteiger partial charge in [-0.1, -0.05) is 13.8 Å². The number of carbonyl (C=O) groups is 3. The highest BCUT2D eigenvalue weighted by Crippen LogP contribution is 2.44. The maximum absolute atomic E-state index is 13.2. The lowest BCUT2D eigenvalue weighted by Gasteiger charge is -2.37. The molecule has 3 fully saturated rings. The summed E-state index contributed by atoms with van der Waals surface area (Å²) in [5, 5.41) is 14.1. The number of nitrogens with one attached hydrogen (secondary N) is 2. The Morgan fingerprint density at radius 1 is 0.839 bits per heavy atom. The standard InChI is InChI=1S/C20H32N2O9/c1-8(2)10(15(23)21-9(3)17(25)26)22-16(24)13-11-12(29-19(4,5)28-11)14-18(27-13)31-20(6,7)30-14/h8-14,18H,1-7H3,(H,21,23)(H,22,24)(H,25,26)/t9?,10?,11-,12+,13+,14-,18-/m1/s1. The largest absolute Gasteiger partial charge is 0.480 e. The summed E-state index contributed by atoms with van der Waals surface area (Å²) in [6.45, 7) is 11.8. The Morgan fingerprint density at radius 3 is 1.97 bits per heavy atom. The molecule has 2 unspecified atom stereocenters. The first-order valence-electron chi connectivity index (χ1n) is 10.4. The highest BCUT2D eigenvalue weighted by Gasteiger charge is 2.62. The lowest BCUT2D eigenvalue weighted by Crippen LogP contribution is -2.62. The lowest BCUT2D eigenvalue weighted by molar-refractivity contribution is -0.231. The Kier molecular flexibility index (Phi) is 6.38. The average Bonchev–Trinajstić information content (AvgIpc) is 3.11. The molecule has 0 spiro atoms. The molecule has 3 saturated heterocycles. The first-order valence-corrected chi connectivity index (χ1v) is 10.4. The SMILES string of the molecule is CC(NC(=O)C(NC(=O)[C@H]1O[C@@H]2OC(C)(C)O[C@@H]2[C@H]2OC(C)(C)O[C@H]21)C(C)C)C(=O)O. The van der Waals surface area contributed by atoms with Crippen molar-refractivity contribution in [2.75, 3.05) is 0 Å². The third-order valence-corrected chi connectivity index (χ3v) is 5.39. The van der Waals surface area contributed by atoms with E-state index < -0.39 is 72.1 Å². The first kappa shape index (κ1) is 23.9.